The van der Waals surface area contributed by atoms with E-state index in [1.165, 1.54) is 0 Å². The zero-order valence-corrected chi connectivity index (χ0v) is 20.0. The van der Waals surface area contributed by atoms with Crippen molar-refractivity contribution in [1.82, 2.24) is 15.5 Å². The number of methoxy groups -OCH3 is 1. The lowest BCUT2D eigenvalue weighted by molar-refractivity contribution is 0.178. The summed E-state index contributed by atoms with van der Waals surface area (Å²) >= 11 is 3.51. The second kappa shape index (κ2) is 12.8. The van der Waals surface area contributed by atoms with E-state index in [9.17, 15) is 0 Å². The first-order valence-corrected chi connectivity index (χ1v) is 9.21. The van der Waals surface area contributed by atoms with Crippen molar-refractivity contribution >= 4 is 45.9 Å². The van der Waals surface area contributed by atoms with Gasteiger partial charge in [-0.2, -0.15) is 0 Å². The van der Waals surface area contributed by atoms with Crippen LogP contribution in [-0.2, 0) is 6.54 Å². The van der Waals surface area contributed by atoms with Crippen molar-refractivity contribution in [3.05, 3.63) is 28.2 Å². The molecular formula is C18H32BrIN4O. The molecule has 0 aliphatic carbocycles. The third-order valence-electron chi connectivity index (χ3n) is 3.89. The Bertz CT molecular complexity index is 530. The van der Waals surface area contributed by atoms with Crippen LogP contribution in [0, 0.1) is 0 Å². The maximum Gasteiger partial charge on any atom is 0.191 e. The molecule has 0 atom stereocenters. The molecule has 0 amide bonds. The third kappa shape index (κ3) is 8.59. The Morgan fingerprint density at radius 1 is 1.20 bits per heavy atom. The van der Waals surface area contributed by atoms with E-state index in [1.54, 1.807) is 14.2 Å². The minimum atomic E-state index is 0. The first-order chi connectivity index (χ1) is 11.4. The van der Waals surface area contributed by atoms with Gasteiger partial charge in [-0.25, -0.2) is 0 Å². The molecule has 0 heterocycles. The van der Waals surface area contributed by atoms with Gasteiger partial charge in [0.15, 0.2) is 5.96 Å². The molecule has 0 aromatic heterocycles. The van der Waals surface area contributed by atoms with Crippen LogP contribution in [0.4, 0.5) is 0 Å². The minimum Gasteiger partial charge on any atom is -0.496 e. The molecule has 0 aliphatic heterocycles. The number of nitrogens with one attached hydrogen (secondary N) is 2. The van der Waals surface area contributed by atoms with Crippen molar-refractivity contribution in [2.75, 3.05) is 27.2 Å². The van der Waals surface area contributed by atoms with Crippen LogP contribution in [0.5, 0.6) is 5.75 Å². The normalized spacial score (nSPS) is 11.7. The molecule has 0 saturated carbocycles. The molecule has 5 nitrogen and oxygen atoms in total. The molecule has 0 aliphatic rings. The maximum absolute atomic E-state index is 5.25. The van der Waals surface area contributed by atoms with Crippen LogP contribution >= 0.6 is 39.9 Å². The monoisotopic (exact) mass is 526 g/mol. The van der Waals surface area contributed by atoms with E-state index in [1.807, 2.05) is 12.1 Å². The van der Waals surface area contributed by atoms with Crippen LogP contribution in [0.25, 0.3) is 0 Å². The highest BCUT2D eigenvalue weighted by molar-refractivity contribution is 14.0. The zero-order valence-electron chi connectivity index (χ0n) is 16.1. The van der Waals surface area contributed by atoms with E-state index in [2.05, 4.69) is 70.2 Å². The Hall–Kier alpha value is -0.540. The predicted octanol–water partition coefficient (Wildman–Crippen LogP) is 3.86. The molecule has 1 aromatic rings. The summed E-state index contributed by atoms with van der Waals surface area (Å²) in [6, 6.07) is 7.14. The van der Waals surface area contributed by atoms with Crippen molar-refractivity contribution in [2.24, 2.45) is 4.99 Å². The average Bonchev–Trinajstić information content (AvgIpc) is 2.53. The van der Waals surface area contributed by atoms with Gasteiger partial charge < -0.3 is 15.4 Å². The summed E-state index contributed by atoms with van der Waals surface area (Å²) in [6.45, 7) is 11.5. The molecule has 2 N–H and O–H groups in total. The van der Waals surface area contributed by atoms with Gasteiger partial charge in [0.25, 0.3) is 0 Å². The molecule has 1 rings (SSSR count). The van der Waals surface area contributed by atoms with E-state index in [0.29, 0.717) is 18.6 Å². The number of ether oxygens (including phenoxy) is 1. The number of nitrogens with zero attached hydrogens (tertiary/aromatic N) is 2. The molecule has 25 heavy (non-hydrogen) atoms. The van der Waals surface area contributed by atoms with E-state index in [-0.39, 0.29) is 24.0 Å². The van der Waals surface area contributed by atoms with Crippen molar-refractivity contribution in [1.29, 1.82) is 0 Å². The Morgan fingerprint density at radius 3 is 2.32 bits per heavy atom. The number of guanidine groups is 1. The van der Waals surface area contributed by atoms with Crippen molar-refractivity contribution in [3.8, 4) is 5.75 Å². The fourth-order valence-electron chi connectivity index (χ4n) is 2.64. The molecule has 0 spiro atoms. The van der Waals surface area contributed by atoms with Crippen molar-refractivity contribution < 1.29 is 4.74 Å². The average molecular weight is 527 g/mol. The lowest BCUT2D eigenvalue weighted by Crippen LogP contribution is -2.45. The summed E-state index contributed by atoms with van der Waals surface area (Å²) in [6.07, 6.45) is 0. The maximum atomic E-state index is 5.25. The smallest absolute Gasteiger partial charge is 0.191 e. The summed E-state index contributed by atoms with van der Waals surface area (Å²) in [5.41, 5.74) is 1.16. The standard InChI is InChI=1S/C18H31BrN4O.HI/c1-13(2)23(14(3)4)10-9-21-18(20-5)22-12-15-7-8-17(24-6)16(19)11-15;/h7-8,11,13-14H,9-10,12H2,1-6H3,(H2,20,21,22);1H. The minimum absolute atomic E-state index is 0. The highest BCUT2D eigenvalue weighted by atomic mass is 127. The molecule has 0 saturated heterocycles. The van der Waals surface area contributed by atoms with Gasteiger partial charge in [0.05, 0.1) is 11.6 Å². The highest BCUT2D eigenvalue weighted by Crippen LogP contribution is 2.25. The number of benzene rings is 1. The van der Waals surface area contributed by atoms with Crippen LogP contribution in [0.1, 0.15) is 33.3 Å². The highest BCUT2D eigenvalue weighted by Gasteiger charge is 2.12. The number of halogens is 2. The quantitative estimate of drug-likeness (QED) is 0.307. The predicted molar refractivity (Wildman–Crippen MR) is 121 cm³/mol. The molecule has 7 heteroatoms. The van der Waals surface area contributed by atoms with Crippen molar-refractivity contribution in [2.45, 2.75) is 46.3 Å². The van der Waals surface area contributed by atoms with Gasteiger partial charge in [-0.3, -0.25) is 9.89 Å². The van der Waals surface area contributed by atoms with Gasteiger partial charge in [-0.05, 0) is 61.3 Å². The molecule has 144 valence electrons. The zero-order chi connectivity index (χ0) is 18.1. The lowest BCUT2D eigenvalue weighted by atomic mass is 10.2. The fraction of sp³-hybridized carbons (Fsp3) is 0.611. The van der Waals surface area contributed by atoms with E-state index in [0.717, 1.165) is 34.8 Å². The summed E-state index contributed by atoms with van der Waals surface area (Å²) in [5, 5.41) is 6.72. The summed E-state index contributed by atoms with van der Waals surface area (Å²) in [7, 11) is 3.46. The van der Waals surface area contributed by atoms with E-state index < -0.39 is 0 Å². The molecule has 1 aromatic carbocycles. The van der Waals surface area contributed by atoms with Gasteiger partial charge in [0.2, 0.25) is 0 Å². The SMILES string of the molecule is CN=C(NCCN(C(C)C)C(C)C)NCc1ccc(OC)c(Br)c1.I. The van der Waals surface area contributed by atoms with Crippen LogP contribution in [0.2, 0.25) is 0 Å². The number of aliphatic imine (C=N–C) groups is 1. The van der Waals surface area contributed by atoms with Crippen molar-refractivity contribution in [3.63, 3.8) is 0 Å². The molecule has 0 fully saturated rings. The van der Waals surface area contributed by atoms with Gasteiger partial charge in [-0.15, -0.1) is 24.0 Å². The molecule has 0 radical (unpaired) electrons. The van der Waals surface area contributed by atoms with Crippen LogP contribution in [-0.4, -0.2) is 50.2 Å². The summed E-state index contributed by atoms with van der Waals surface area (Å²) in [5.74, 6) is 1.65. The Labute approximate surface area is 178 Å². The summed E-state index contributed by atoms with van der Waals surface area (Å²) < 4.78 is 6.21. The number of rotatable bonds is 8. The van der Waals surface area contributed by atoms with Gasteiger partial charge in [-0.1, -0.05) is 6.07 Å². The fourth-order valence-corrected chi connectivity index (χ4v) is 3.23. The Kier molecular flexibility index (Phi) is 12.5. The second-order valence-electron chi connectivity index (χ2n) is 6.25. The first kappa shape index (κ1) is 24.5. The molecule has 0 bridgehead atoms. The number of hydrogen-bond donors (Lipinski definition) is 2. The van der Waals surface area contributed by atoms with E-state index >= 15 is 0 Å². The number of hydrogen-bond acceptors (Lipinski definition) is 3. The molecule has 0 unspecified atom stereocenters. The lowest BCUT2D eigenvalue weighted by Gasteiger charge is -2.30. The van der Waals surface area contributed by atoms with Crippen LogP contribution in [0.15, 0.2) is 27.7 Å². The van der Waals surface area contributed by atoms with Gasteiger partial charge in [0, 0.05) is 38.8 Å². The third-order valence-corrected chi connectivity index (χ3v) is 4.51. The Morgan fingerprint density at radius 2 is 1.84 bits per heavy atom. The van der Waals surface area contributed by atoms with Crippen LogP contribution in [0.3, 0.4) is 0 Å². The Balaban J connectivity index is 0.00000576. The van der Waals surface area contributed by atoms with Gasteiger partial charge >= 0.3 is 0 Å². The summed E-state index contributed by atoms with van der Waals surface area (Å²) in [4.78, 5) is 6.74. The topological polar surface area (TPSA) is 48.9 Å². The largest absolute Gasteiger partial charge is 0.496 e. The second-order valence-corrected chi connectivity index (χ2v) is 7.10. The molecular weight excluding hydrogens is 495 g/mol. The van der Waals surface area contributed by atoms with Crippen LogP contribution < -0.4 is 15.4 Å². The first-order valence-electron chi connectivity index (χ1n) is 8.41. The van der Waals surface area contributed by atoms with E-state index in [4.69, 9.17) is 4.74 Å². The van der Waals surface area contributed by atoms with Gasteiger partial charge in [0.1, 0.15) is 5.75 Å².